The molecule has 0 fully saturated rings. The molecular formula is C23H20ClF3N2O4S. The van der Waals surface area contributed by atoms with Crippen LogP contribution in [-0.4, -0.2) is 32.3 Å². The Morgan fingerprint density at radius 2 is 1.68 bits per heavy atom. The van der Waals surface area contributed by atoms with Gasteiger partial charge < -0.3 is 10.1 Å². The zero-order valence-corrected chi connectivity index (χ0v) is 19.4. The Labute approximate surface area is 200 Å². The van der Waals surface area contributed by atoms with E-state index >= 15 is 0 Å². The van der Waals surface area contributed by atoms with Gasteiger partial charge in [-0.25, -0.2) is 8.42 Å². The molecule has 0 bridgehead atoms. The van der Waals surface area contributed by atoms with Gasteiger partial charge in [-0.1, -0.05) is 41.9 Å². The zero-order valence-electron chi connectivity index (χ0n) is 17.8. The van der Waals surface area contributed by atoms with Crippen LogP contribution in [0.25, 0.3) is 0 Å². The highest BCUT2D eigenvalue weighted by molar-refractivity contribution is 7.89. The van der Waals surface area contributed by atoms with Crippen molar-refractivity contribution in [3.05, 3.63) is 88.9 Å². The number of hydrogen-bond acceptors (Lipinski definition) is 4. The number of carbonyl (C=O) groups excluding carboxylic acids is 1. The molecule has 0 atom stereocenters. The van der Waals surface area contributed by atoms with Crippen LogP contribution in [-0.2, 0) is 27.5 Å². The first-order valence-corrected chi connectivity index (χ1v) is 11.7. The molecule has 34 heavy (non-hydrogen) atoms. The van der Waals surface area contributed by atoms with Gasteiger partial charge in [0.2, 0.25) is 10.0 Å². The number of alkyl halides is 3. The smallest absolute Gasteiger partial charge is 0.417 e. The average Bonchev–Trinajstić information content (AvgIpc) is 2.79. The standard InChI is InChI=1S/C23H20ClF3N2O4S/c1-29(14-16-5-3-2-4-6-16)34(31,32)19-10-8-18(9-11-19)33-15-22(30)28-17-7-12-21(24)20(13-17)23(25,26)27/h2-13H,14-15H2,1H3,(H,28,30). The molecule has 0 aromatic heterocycles. The monoisotopic (exact) mass is 512 g/mol. The summed E-state index contributed by atoms with van der Waals surface area (Å²) in [6.45, 7) is -0.299. The van der Waals surface area contributed by atoms with Crippen molar-refractivity contribution in [3.63, 3.8) is 0 Å². The molecule has 0 spiro atoms. The van der Waals surface area contributed by atoms with E-state index in [0.29, 0.717) is 0 Å². The Morgan fingerprint density at radius 1 is 1.03 bits per heavy atom. The number of anilines is 1. The van der Waals surface area contributed by atoms with Crippen molar-refractivity contribution in [1.29, 1.82) is 0 Å². The van der Waals surface area contributed by atoms with Gasteiger partial charge in [0.25, 0.3) is 5.91 Å². The second-order valence-electron chi connectivity index (χ2n) is 7.25. The normalized spacial score (nSPS) is 11.9. The van der Waals surface area contributed by atoms with Gasteiger partial charge in [0.05, 0.1) is 15.5 Å². The maximum absolute atomic E-state index is 12.9. The van der Waals surface area contributed by atoms with Gasteiger partial charge in [-0.05, 0) is 48.0 Å². The van der Waals surface area contributed by atoms with Crippen molar-refractivity contribution in [2.24, 2.45) is 0 Å². The van der Waals surface area contributed by atoms with E-state index in [4.69, 9.17) is 16.3 Å². The first-order chi connectivity index (χ1) is 16.0. The molecule has 0 radical (unpaired) electrons. The highest BCUT2D eigenvalue weighted by atomic mass is 35.5. The van der Waals surface area contributed by atoms with Crippen LogP contribution < -0.4 is 10.1 Å². The molecule has 3 rings (SSSR count). The number of hydrogen-bond donors (Lipinski definition) is 1. The molecule has 0 aliphatic carbocycles. The Balaban J connectivity index is 1.59. The molecule has 0 aliphatic rings. The Bertz CT molecular complexity index is 1250. The van der Waals surface area contributed by atoms with Gasteiger partial charge in [-0.15, -0.1) is 0 Å². The molecule has 11 heteroatoms. The maximum Gasteiger partial charge on any atom is 0.417 e. The Morgan fingerprint density at radius 3 is 2.29 bits per heavy atom. The third kappa shape index (κ3) is 6.49. The number of amides is 1. The van der Waals surface area contributed by atoms with E-state index in [0.717, 1.165) is 17.7 Å². The Kier molecular flexibility index (Phi) is 7.86. The summed E-state index contributed by atoms with van der Waals surface area (Å²) in [4.78, 5) is 12.1. The highest BCUT2D eigenvalue weighted by Gasteiger charge is 2.33. The molecule has 0 unspecified atom stereocenters. The molecule has 0 heterocycles. The minimum absolute atomic E-state index is 0.0450. The van der Waals surface area contributed by atoms with Crippen LogP contribution in [0.2, 0.25) is 5.02 Å². The highest BCUT2D eigenvalue weighted by Crippen LogP contribution is 2.36. The largest absolute Gasteiger partial charge is 0.484 e. The number of nitrogens with one attached hydrogen (secondary N) is 1. The van der Waals surface area contributed by atoms with E-state index in [-0.39, 0.29) is 22.9 Å². The summed E-state index contributed by atoms with van der Waals surface area (Å²) >= 11 is 5.56. The van der Waals surface area contributed by atoms with Crippen molar-refractivity contribution < 1.29 is 31.1 Å². The number of sulfonamides is 1. The number of benzene rings is 3. The summed E-state index contributed by atoms with van der Waals surface area (Å²) in [7, 11) is -2.28. The first-order valence-electron chi connectivity index (χ1n) is 9.86. The first kappa shape index (κ1) is 25.5. The van der Waals surface area contributed by atoms with Gasteiger partial charge >= 0.3 is 6.18 Å². The Hall–Kier alpha value is -3.08. The minimum atomic E-state index is -4.66. The third-order valence-corrected chi connectivity index (χ3v) is 6.85. The molecule has 1 N–H and O–H groups in total. The van der Waals surface area contributed by atoms with E-state index < -0.39 is 39.3 Å². The van der Waals surface area contributed by atoms with Gasteiger partial charge in [-0.3, -0.25) is 4.79 Å². The quantitative estimate of drug-likeness (QED) is 0.450. The van der Waals surface area contributed by atoms with Gasteiger partial charge in [0, 0.05) is 19.3 Å². The summed E-state index contributed by atoms with van der Waals surface area (Å²) in [5.74, 6) is -0.485. The van der Waals surface area contributed by atoms with E-state index in [1.54, 1.807) is 0 Å². The predicted molar refractivity (Wildman–Crippen MR) is 122 cm³/mol. The van der Waals surface area contributed by atoms with Crippen molar-refractivity contribution in [2.75, 3.05) is 19.0 Å². The number of carbonyl (C=O) groups is 1. The van der Waals surface area contributed by atoms with Crippen LogP contribution in [0.1, 0.15) is 11.1 Å². The van der Waals surface area contributed by atoms with Crippen molar-refractivity contribution in [1.82, 2.24) is 4.31 Å². The van der Waals surface area contributed by atoms with E-state index in [2.05, 4.69) is 5.32 Å². The van der Waals surface area contributed by atoms with Crippen LogP contribution >= 0.6 is 11.6 Å². The van der Waals surface area contributed by atoms with Crippen molar-refractivity contribution in [3.8, 4) is 5.75 Å². The van der Waals surface area contributed by atoms with Gasteiger partial charge in [-0.2, -0.15) is 17.5 Å². The van der Waals surface area contributed by atoms with Crippen LogP contribution in [0.4, 0.5) is 18.9 Å². The lowest BCUT2D eigenvalue weighted by atomic mass is 10.2. The summed E-state index contributed by atoms with van der Waals surface area (Å²) in [5.41, 5.74) is -0.322. The summed E-state index contributed by atoms with van der Waals surface area (Å²) < 4.78 is 70.9. The summed E-state index contributed by atoms with van der Waals surface area (Å²) in [6, 6.07) is 17.6. The van der Waals surface area contributed by atoms with E-state index in [9.17, 15) is 26.4 Å². The lowest BCUT2D eigenvalue weighted by Crippen LogP contribution is -2.26. The molecule has 1 amide bonds. The fourth-order valence-electron chi connectivity index (χ4n) is 2.98. The van der Waals surface area contributed by atoms with Crippen LogP contribution in [0, 0.1) is 0 Å². The third-order valence-electron chi connectivity index (χ3n) is 4.71. The SMILES string of the molecule is CN(Cc1ccccc1)S(=O)(=O)c1ccc(OCC(=O)Nc2ccc(Cl)c(C(F)(F)F)c2)cc1. The molecule has 0 saturated carbocycles. The lowest BCUT2D eigenvalue weighted by molar-refractivity contribution is -0.137. The zero-order chi connectivity index (χ0) is 24.9. The van der Waals surface area contributed by atoms with E-state index in [1.807, 2.05) is 30.3 Å². The number of rotatable bonds is 8. The second kappa shape index (κ2) is 10.5. The fraction of sp³-hybridized carbons (Fsp3) is 0.174. The average molecular weight is 513 g/mol. The minimum Gasteiger partial charge on any atom is -0.484 e. The number of halogens is 4. The molecule has 3 aromatic carbocycles. The maximum atomic E-state index is 12.9. The number of nitrogens with zero attached hydrogens (tertiary/aromatic N) is 1. The second-order valence-corrected chi connectivity index (χ2v) is 9.70. The fourth-order valence-corrected chi connectivity index (χ4v) is 4.36. The van der Waals surface area contributed by atoms with Crippen molar-refractivity contribution >= 4 is 33.2 Å². The molecule has 0 saturated heterocycles. The summed E-state index contributed by atoms with van der Waals surface area (Å²) in [5, 5.41) is 1.82. The van der Waals surface area contributed by atoms with Gasteiger partial charge in [0.1, 0.15) is 5.75 Å². The van der Waals surface area contributed by atoms with Crippen LogP contribution in [0.5, 0.6) is 5.75 Å². The van der Waals surface area contributed by atoms with Crippen LogP contribution in [0.15, 0.2) is 77.7 Å². The predicted octanol–water partition coefficient (Wildman–Crippen LogP) is 5.20. The molecule has 6 nitrogen and oxygen atoms in total. The van der Waals surface area contributed by atoms with E-state index in [1.165, 1.54) is 41.7 Å². The topological polar surface area (TPSA) is 75.7 Å². The van der Waals surface area contributed by atoms with Crippen molar-refractivity contribution in [2.45, 2.75) is 17.6 Å². The number of ether oxygens (including phenoxy) is 1. The molecule has 3 aromatic rings. The van der Waals surface area contributed by atoms with Crippen LogP contribution in [0.3, 0.4) is 0 Å². The lowest BCUT2D eigenvalue weighted by Gasteiger charge is -2.17. The molecule has 0 aliphatic heterocycles. The molecular weight excluding hydrogens is 493 g/mol. The summed E-state index contributed by atoms with van der Waals surface area (Å²) in [6.07, 6.45) is -4.66. The van der Waals surface area contributed by atoms with Gasteiger partial charge in [0.15, 0.2) is 6.61 Å². The molecule has 180 valence electrons.